The summed E-state index contributed by atoms with van der Waals surface area (Å²) < 4.78 is 0. The third kappa shape index (κ3) is 3.70. The van der Waals surface area contributed by atoms with Gasteiger partial charge in [0.15, 0.2) is 0 Å². The SMILES string of the molecule is CN(C)c1ccc(C2Nc3ccc(NC(=O)c4ccccc4)cc3C3C=CCC32)cc1. The summed E-state index contributed by atoms with van der Waals surface area (Å²) in [5.74, 6) is 0.739. The summed E-state index contributed by atoms with van der Waals surface area (Å²) in [6.07, 6.45) is 5.68. The van der Waals surface area contributed by atoms with Crippen molar-refractivity contribution in [3.63, 3.8) is 0 Å². The molecule has 0 spiro atoms. The molecule has 0 radical (unpaired) electrons. The normalized spacial score (nSPS) is 21.0. The first-order chi connectivity index (χ1) is 15.1. The smallest absolute Gasteiger partial charge is 0.255 e. The van der Waals surface area contributed by atoms with E-state index in [1.165, 1.54) is 16.8 Å². The number of allylic oxidation sites excluding steroid dienone is 2. The van der Waals surface area contributed by atoms with E-state index in [-0.39, 0.29) is 11.9 Å². The van der Waals surface area contributed by atoms with Crippen LogP contribution in [0.2, 0.25) is 0 Å². The van der Waals surface area contributed by atoms with E-state index in [0.29, 0.717) is 17.4 Å². The van der Waals surface area contributed by atoms with E-state index in [4.69, 9.17) is 0 Å². The highest BCUT2D eigenvalue weighted by Gasteiger charge is 2.38. The molecule has 0 aromatic heterocycles. The number of carbonyl (C=O) groups is 1. The molecule has 4 nitrogen and oxygen atoms in total. The molecule has 2 N–H and O–H groups in total. The lowest BCUT2D eigenvalue weighted by Crippen LogP contribution is -2.29. The van der Waals surface area contributed by atoms with E-state index in [2.05, 4.69) is 78.2 Å². The van der Waals surface area contributed by atoms with Crippen molar-refractivity contribution in [2.75, 3.05) is 29.6 Å². The van der Waals surface area contributed by atoms with E-state index >= 15 is 0 Å². The molecule has 0 bridgehead atoms. The maximum atomic E-state index is 12.6. The molecule has 1 aliphatic heterocycles. The van der Waals surface area contributed by atoms with Gasteiger partial charge >= 0.3 is 0 Å². The van der Waals surface area contributed by atoms with Gasteiger partial charge in [0.2, 0.25) is 0 Å². The highest BCUT2D eigenvalue weighted by Crippen LogP contribution is 2.50. The van der Waals surface area contributed by atoms with Gasteiger partial charge in [-0.1, -0.05) is 42.5 Å². The predicted octanol–water partition coefficient (Wildman–Crippen LogP) is 5.83. The summed E-state index contributed by atoms with van der Waals surface area (Å²) >= 11 is 0. The molecule has 4 heteroatoms. The van der Waals surface area contributed by atoms with Crippen LogP contribution in [0.25, 0.3) is 0 Å². The Hall–Kier alpha value is -3.53. The van der Waals surface area contributed by atoms with Crippen LogP contribution in [0.5, 0.6) is 0 Å². The number of benzene rings is 3. The summed E-state index contributed by atoms with van der Waals surface area (Å²) in [6, 6.07) is 24.7. The molecule has 0 fully saturated rings. The van der Waals surface area contributed by atoms with Crippen LogP contribution in [-0.4, -0.2) is 20.0 Å². The molecule has 3 atom stereocenters. The van der Waals surface area contributed by atoms with E-state index < -0.39 is 0 Å². The molecule has 1 amide bonds. The lowest BCUT2D eigenvalue weighted by atomic mass is 9.77. The zero-order valence-electron chi connectivity index (χ0n) is 17.9. The van der Waals surface area contributed by atoms with Crippen LogP contribution in [0.15, 0.2) is 84.9 Å². The number of hydrogen-bond donors (Lipinski definition) is 2. The summed E-state index contributed by atoms with van der Waals surface area (Å²) in [4.78, 5) is 14.7. The number of amides is 1. The zero-order valence-corrected chi connectivity index (χ0v) is 17.9. The first kappa shape index (κ1) is 19.4. The Morgan fingerprint density at radius 2 is 1.77 bits per heavy atom. The minimum Gasteiger partial charge on any atom is -0.378 e. The number of carbonyl (C=O) groups excluding carboxylic acids is 1. The molecule has 3 unspecified atom stereocenters. The monoisotopic (exact) mass is 409 g/mol. The number of rotatable bonds is 4. The molecule has 2 aliphatic rings. The topological polar surface area (TPSA) is 44.4 Å². The molecule has 3 aromatic carbocycles. The largest absolute Gasteiger partial charge is 0.378 e. The van der Waals surface area contributed by atoms with Crippen LogP contribution in [0.3, 0.4) is 0 Å². The summed E-state index contributed by atoms with van der Waals surface area (Å²) in [5.41, 5.74) is 6.43. The lowest BCUT2D eigenvalue weighted by molar-refractivity contribution is 0.102. The van der Waals surface area contributed by atoms with Crippen molar-refractivity contribution in [3.8, 4) is 0 Å². The molecule has 1 heterocycles. The van der Waals surface area contributed by atoms with Crippen molar-refractivity contribution in [2.45, 2.75) is 18.4 Å². The second kappa shape index (κ2) is 7.95. The first-order valence-electron chi connectivity index (χ1n) is 10.8. The Morgan fingerprint density at radius 3 is 2.52 bits per heavy atom. The fourth-order valence-corrected chi connectivity index (χ4v) is 4.77. The Bertz CT molecular complexity index is 1120. The van der Waals surface area contributed by atoms with Crippen molar-refractivity contribution < 1.29 is 4.79 Å². The van der Waals surface area contributed by atoms with Crippen molar-refractivity contribution in [3.05, 3.63) is 102 Å². The second-order valence-corrected chi connectivity index (χ2v) is 8.58. The number of nitrogens with zero attached hydrogens (tertiary/aromatic N) is 1. The Labute approximate surface area is 183 Å². The third-order valence-electron chi connectivity index (χ3n) is 6.43. The van der Waals surface area contributed by atoms with Gasteiger partial charge in [-0.15, -0.1) is 0 Å². The quantitative estimate of drug-likeness (QED) is 0.533. The minimum atomic E-state index is -0.0818. The fraction of sp³-hybridized carbons (Fsp3) is 0.222. The number of nitrogens with one attached hydrogen (secondary N) is 2. The standard InChI is InChI=1S/C27H27N3O/c1-30(2)21-14-11-18(12-15-21)26-23-10-6-9-22(23)24-17-20(13-16-25(24)29-26)28-27(31)19-7-4-3-5-8-19/h3-9,11-17,22-23,26,29H,10H2,1-2H3,(H,28,31). The van der Waals surface area contributed by atoms with Gasteiger partial charge in [0.1, 0.15) is 0 Å². The first-order valence-corrected chi connectivity index (χ1v) is 10.8. The molecular formula is C27H27N3O. The predicted molar refractivity (Wildman–Crippen MR) is 128 cm³/mol. The molecule has 156 valence electrons. The Morgan fingerprint density at radius 1 is 1.00 bits per heavy atom. The van der Waals surface area contributed by atoms with Gasteiger partial charge in [0.05, 0.1) is 6.04 Å². The summed E-state index contributed by atoms with van der Waals surface area (Å²) in [5, 5.41) is 6.83. The lowest BCUT2D eigenvalue weighted by Gasteiger charge is -2.38. The van der Waals surface area contributed by atoms with Crippen LogP contribution in [0.1, 0.15) is 39.9 Å². The average Bonchev–Trinajstić information content (AvgIpc) is 3.30. The fourth-order valence-electron chi connectivity index (χ4n) is 4.77. The number of anilines is 3. The van der Waals surface area contributed by atoms with Gasteiger partial charge < -0.3 is 15.5 Å². The molecule has 0 saturated carbocycles. The molecular weight excluding hydrogens is 382 g/mol. The third-order valence-corrected chi connectivity index (χ3v) is 6.43. The van der Waals surface area contributed by atoms with Crippen molar-refractivity contribution in [2.24, 2.45) is 5.92 Å². The van der Waals surface area contributed by atoms with Crippen LogP contribution in [-0.2, 0) is 0 Å². The maximum absolute atomic E-state index is 12.6. The van der Waals surface area contributed by atoms with Gasteiger partial charge in [-0.3, -0.25) is 4.79 Å². The van der Waals surface area contributed by atoms with E-state index in [1.54, 1.807) is 0 Å². The van der Waals surface area contributed by atoms with Crippen LogP contribution >= 0.6 is 0 Å². The summed E-state index contributed by atoms with van der Waals surface area (Å²) in [7, 11) is 4.13. The van der Waals surface area contributed by atoms with Crippen molar-refractivity contribution in [1.29, 1.82) is 0 Å². The molecule has 1 aliphatic carbocycles. The van der Waals surface area contributed by atoms with Crippen LogP contribution < -0.4 is 15.5 Å². The Kier molecular flexibility index (Phi) is 4.99. The molecule has 31 heavy (non-hydrogen) atoms. The van der Waals surface area contributed by atoms with E-state index in [0.717, 1.165) is 17.8 Å². The van der Waals surface area contributed by atoms with Gasteiger partial charge in [-0.25, -0.2) is 0 Å². The minimum absolute atomic E-state index is 0.0818. The molecule has 3 aromatic rings. The van der Waals surface area contributed by atoms with Gasteiger partial charge in [-0.2, -0.15) is 0 Å². The van der Waals surface area contributed by atoms with Gasteiger partial charge in [-0.05, 0) is 65.9 Å². The van der Waals surface area contributed by atoms with E-state index in [9.17, 15) is 4.79 Å². The number of fused-ring (bicyclic) bond motifs is 3. The number of hydrogen-bond acceptors (Lipinski definition) is 3. The summed E-state index contributed by atoms with van der Waals surface area (Å²) in [6.45, 7) is 0. The van der Waals surface area contributed by atoms with Crippen molar-refractivity contribution >= 4 is 23.0 Å². The highest BCUT2D eigenvalue weighted by molar-refractivity contribution is 6.04. The Balaban J connectivity index is 1.42. The van der Waals surface area contributed by atoms with Gasteiger partial charge in [0.25, 0.3) is 5.91 Å². The van der Waals surface area contributed by atoms with Crippen LogP contribution in [0.4, 0.5) is 17.1 Å². The van der Waals surface area contributed by atoms with Crippen molar-refractivity contribution in [1.82, 2.24) is 0 Å². The second-order valence-electron chi connectivity index (χ2n) is 8.58. The highest BCUT2D eigenvalue weighted by atomic mass is 16.1. The van der Waals surface area contributed by atoms with Gasteiger partial charge in [0, 0.05) is 42.6 Å². The zero-order chi connectivity index (χ0) is 21.4. The maximum Gasteiger partial charge on any atom is 0.255 e. The van der Waals surface area contributed by atoms with Crippen LogP contribution in [0, 0.1) is 5.92 Å². The van der Waals surface area contributed by atoms with E-state index in [1.807, 2.05) is 36.4 Å². The average molecular weight is 410 g/mol. The molecule has 0 saturated heterocycles. The molecule has 5 rings (SSSR count).